The number of imidazole rings is 1. The first kappa shape index (κ1) is 10.7. The molecule has 0 radical (unpaired) electrons. The van der Waals surface area contributed by atoms with Crippen molar-refractivity contribution in [3.8, 4) is 0 Å². The number of nitrogens with one attached hydrogen (secondary N) is 1. The highest BCUT2D eigenvalue weighted by Crippen LogP contribution is 2.20. The van der Waals surface area contributed by atoms with E-state index in [-0.39, 0.29) is 12.3 Å². The highest BCUT2D eigenvalue weighted by Gasteiger charge is 2.14. The Balaban J connectivity index is 2.35. The lowest BCUT2D eigenvalue weighted by atomic mass is 10.1. The van der Waals surface area contributed by atoms with E-state index in [2.05, 4.69) is 9.97 Å². The Morgan fingerprint density at radius 1 is 1.56 bits per heavy atom. The Kier molecular flexibility index (Phi) is 2.64. The van der Waals surface area contributed by atoms with Crippen LogP contribution in [0.4, 0.5) is 0 Å². The molecule has 0 aliphatic carbocycles. The highest BCUT2D eigenvalue weighted by molar-refractivity contribution is 5.76. The molecule has 1 unspecified atom stereocenters. The topological polar surface area (TPSA) is 66.0 Å². The van der Waals surface area contributed by atoms with Crippen molar-refractivity contribution in [2.24, 2.45) is 0 Å². The van der Waals surface area contributed by atoms with E-state index < -0.39 is 5.97 Å². The van der Waals surface area contributed by atoms with Crippen molar-refractivity contribution in [3.63, 3.8) is 0 Å². The van der Waals surface area contributed by atoms with Crippen LogP contribution in [-0.2, 0) is 4.79 Å². The maximum absolute atomic E-state index is 10.6. The molecule has 1 aromatic carbocycles. The van der Waals surface area contributed by atoms with Gasteiger partial charge in [0, 0.05) is 5.92 Å². The minimum absolute atomic E-state index is 0.0924. The molecule has 1 atom stereocenters. The fourth-order valence-electron chi connectivity index (χ4n) is 1.74. The van der Waals surface area contributed by atoms with Crippen LogP contribution in [-0.4, -0.2) is 21.0 Å². The largest absolute Gasteiger partial charge is 0.481 e. The van der Waals surface area contributed by atoms with E-state index in [0.29, 0.717) is 0 Å². The summed E-state index contributed by atoms with van der Waals surface area (Å²) < 4.78 is 0. The van der Waals surface area contributed by atoms with E-state index in [1.807, 2.05) is 32.0 Å². The summed E-state index contributed by atoms with van der Waals surface area (Å²) in [6.07, 6.45) is 0.0960. The number of carboxylic acid groups (broad SMARTS) is 1. The summed E-state index contributed by atoms with van der Waals surface area (Å²) in [5, 5.41) is 8.72. The van der Waals surface area contributed by atoms with Crippen LogP contribution in [0.1, 0.15) is 30.7 Å². The number of carboxylic acids is 1. The first-order valence-electron chi connectivity index (χ1n) is 5.24. The minimum Gasteiger partial charge on any atom is -0.481 e. The smallest absolute Gasteiger partial charge is 0.304 e. The maximum Gasteiger partial charge on any atom is 0.304 e. The molecule has 4 heteroatoms. The van der Waals surface area contributed by atoms with Crippen molar-refractivity contribution in [1.82, 2.24) is 9.97 Å². The number of H-pyrrole nitrogens is 1. The van der Waals surface area contributed by atoms with Gasteiger partial charge in [-0.15, -0.1) is 0 Å². The number of carbonyl (C=O) groups is 1. The van der Waals surface area contributed by atoms with Gasteiger partial charge in [-0.3, -0.25) is 4.79 Å². The standard InChI is InChI=1S/C12H14N2O2/c1-7-3-4-9-10(5-7)14-12(13-9)8(2)6-11(15)16/h3-5,8H,6H2,1-2H3,(H,13,14)(H,15,16). The number of hydrogen-bond acceptors (Lipinski definition) is 2. The number of rotatable bonds is 3. The normalized spacial score (nSPS) is 12.9. The third-order valence-corrected chi connectivity index (χ3v) is 2.60. The van der Waals surface area contributed by atoms with Crippen LogP contribution in [0, 0.1) is 6.92 Å². The van der Waals surface area contributed by atoms with Crippen LogP contribution in [0.3, 0.4) is 0 Å². The molecule has 0 saturated carbocycles. The first-order valence-corrected chi connectivity index (χ1v) is 5.24. The molecule has 2 aromatic rings. The number of aromatic amines is 1. The predicted molar refractivity (Wildman–Crippen MR) is 61.5 cm³/mol. The Bertz CT molecular complexity index is 531. The molecule has 0 aliphatic rings. The van der Waals surface area contributed by atoms with Gasteiger partial charge in [0.1, 0.15) is 5.82 Å². The number of aliphatic carboxylic acids is 1. The average molecular weight is 218 g/mol. The van der Waals surface area contributed by atoms with E-state index in [4.69, 9.17) is 5.11 Å². The number of fused-ring (bicyclic) bond motifs is 1. The Morgan fingerprint density at radius 2 is 2.31 bits per heavy atom. The van der Waals surface area contributed by atoms with Gasteiger partial charge in [0.05, 0.1) is 17.5 Å². The zero-order chi connectivity index (χ0) is 11.7. The van der Waals surface area contributed by atoms with E-state index >= 15 is 0 Å². The van der Waals surface area contributed by atoms with Gasteiger partial charge in [-0.2, -0.15) is 0 Å². The lowest BCUT2D eigenvalue weighted by molar-refractivity contribution is -0.137. The summed E-state index contributed by atoms with van der Waals surface area (Å²) in [5.74, 6) is -0.155. The van der Waals surface area contributed by atoms with Crippen LogP contribution >= 0.6 is 0 Å². The summed E-state index contributed by atoms with van der Waals surface area (Å²) >= 11 is 0. The van der Waals surface area contributed by atoms with Gasteiger partial charge in [-0.25, -0.2) is 4.98 Å². The van der Waals surface area contributed by atoms with E-state index in [0.717, 1.165) is 22.4 Å². The molecule has 0 aliphatic heterocycles. The Labute approximate surface area is 93.3 Å². The number of benzene rings is 1. The molecule has 0 fully saturated rings. The Morgan fingerprint density at radius 3 is 3.00 bits per heavy atom. The van der Waals surface area contributed by atoms with Gasteiger partial charge in [0.2, 0.25) is 0 Å². The van der Waals surface area contributed by atoms with Gasteiger partial charge in [-0.05, 0) is 24.6 Å². The van der Waals surface area contributed by atoms with E-state index in [9.17, 15) is 4.79 Å². The first-order chi connectivity index (χ1) is 7.56. The molecule has 0 saturated heterocycles. The predicted octanol–water partition coefficient (Wildman–Crippen LogP) is 2.45. The van der Waals surface area contributed by atoms with E-state index in [1.54, 1.807) is 0 Å². The monoisotopic (exact) mass is 218 g/mol. The van der Waals surface area contributed by atoms with Crippen molar-refractivity contribution in [2.75, 3.05) is 0 Å². The van der Waals surface area contributed by atoms with Gasteiger partial charge in [0.15, 0.2) is 0 Å². The minimum atomic E-state index is -0.802. The number of aryl methyl sites for hydroxylation is 1. The second-order valence-electron chi connectivity index (χ2n) is 4.14. The summed E-state index contributed by atoms with van der Waals surface area (Å²) in [5.41, 5.74) is 3.01. The quantitative estimate of drug-likeness (QED) is 0.831. The highest BCUT2D eigenvalue weighted by atomic mass is 16.4. The van der Waals surface area contributed by atoms with Crippen LogP contribution in [0.15, 0.2) is 18.2 Å². The molecule has 1 heterocycles. The molecule has 2 N–H and O–H groups in total. The van der Waals surface area contributed by atoms with Crippen LogP contribution < -0.4 is 0 Å². The molecule has 0 bridgehead atoms. The average Bonchev–Trinajstić information content (AvgIpc) is 2.59. The Hall–Kier alpha value is -1.84. The van der Waals surface area contributed by atoms with Gasteiger partial charge < -0.3 is 10.1 Å². The molecule has 4 nitrogen and oxygen atoms in total. The molecule has 1 aromatic heterocycles. The molecule has 0 spiro atoms. The molecule has 2 rings (SSSR count). The lowest BCUT2D eigenvalue weighted by Crippen LogP contribution is -2.04. The van der Waals surface area contributed by atoms with E-state index in [1.165, 1.54) is 0 Å². The molecule has 84 valence electrons. The third kappa shape index (κ3) is 2.05. The SMILES string of the molecule is Cc1ccc2nc(C(C)CC(=O)O)[nH]c2c1. The van der Waals surface area contributed by atoms with Crippen molar-refractivity contribution in [3.05, 3.63) is 29.6 Å². The van der Waals surface area contributed by atoms with Gasteiger partial charge in [-0.1, -0.05) is 13.0 Å². The molecule has 16 heavy (non-hydrogen) atoms. The third-order valence-electron chi connectivity index (χ3n) is 2.60. The van der Waals surface area contributed by atoms with Crippen molar-refractivity contribution in [2.45, 2.75) is 26.2 Å². The van der Waals surface area contributed by atoms with Crippen LogP contribution in [0.25, 0.3) is 11.0 Å². The fraction of sp³-hybridized carbons (Fsp3) is 0.333. The van der Waals surface area contributed by atoms with Crippen molar-refractivity contribution >= 4 is 17.0 Å². The van der Waals surface area contributed by atoms with Crippen LogP contribution in [0.2, 0.25) is 0 Å². The second kappa shape index (κ2) is 3.96. The zero-order valence-electron chi connectivity index (χ0n) is 9.32. The summed E-state index contributed by atoms with van der Waals surface area (Å²) in [6.45, 7) is 3.87. The number of nitrogens with zero attached hydrogens (tertiary/aromatic N) is 1. The molecular weight excluding hydrogens is 204 g/mol. The maximum atomic E-state index is 10.6. The van der Waals surface area contributed by atoms with Crippen molar-refractivity contribution < 1.29 is 9.90 Å². The fourth-order valence-corrected chi connectivity index (χ4v) is 1.74. The summed E-state index contributed by atoms with van der Waals surface area (Å²) in [4.78, 5) is 18.2. The lowest BCUT2D eigenvalue weighted by Gasteiger charge is -2.03. The van der Waals surface area contributed by atoms with Gasteiger partial charge >= 0.3 is 5.97 Å². The number of hydrogen-bond donors (Lipinski definition) is 2. The second-order valence-corrected chi connectivity index (χ2v) is 4.14. The van der Waals surface area contributed by atoms with Crippen molar-refractivity contribution in [1.29, 1.82) is 0 Å². The number of aromatic nitrogens is 2. The van der Waals surface area contributed by atoms with Crippen LogP contribution in [0.5, 0.6) is 0 Å². The summed E-state index contributed by atoms with van der Waals surface area (Å²) in [6, 6.07) is 5.95. The summed E-state index contributed by atoms with van der Waals surface area (Å²) in [7, 11) is 0. The molecular formula is C12H14N2O2. The van der Waals surface area contributed by atoms with Gasteiger partial charge in [0.25, 0.3) is 0 Å². The molecule has 0 amide bonds. The zero-order valence-corrected chi connectivity index (χ0v) is 9.32.